The minimum Gasteiger partial charge on any atom is -0.389 e. The van der Waals surface area contributed by atoms with Crippen molar-refractivity contribution in [1.29, 1.82) is 0 Å². The molecule has 3 fully saturated rings. The smallest absolute Gasteiger partial charge is 0.161 e. The predicted octanol–water partition coefficient (Wildman–Crippen LogP) is 3.74. The van der Waals surface area contributed by atoms with Crippen LogP contribution in [0.1, 0.15) is 58.8 Å². The molecule has 3 saturated carbocycles. The monoisotopic (exact) mass is 366 g/mol. The second-order valence-electron chi connectivity index (χ2n) is 9.42. The van der Waals surface area contributed by atoms with Gasteiger partial charge in [0.15, 0.2) is 17.2 Å². The molecular weight excluding hydrogens is 338 g/mol. The Morgan fingerprint density at radius 1 is 1.23 bits per heavy atom. The van der Waals surface area contributed by atoms with Crippen molar-refractivity contribution < 1.29 is 23.5 Å². The summed E-state index contributed by atoms with van der Waals surface area (Å²) < 4.78 is 32.2. The maximum absolute atomic E-state index is 16.6. The van der Waals surface area contributed by atoms with Gasteiger partial charge in [-0.25, -0.2) is 8.78 Å². The van der Waals surface area contributed by atoms with E-state index in [0.29, 0.717) is 32.1 Å². The predicted molar refractivity (Wildman–Crippen MR) is 92.9 cm³/mol. The third-order valence-electron chi connectivity index (χ3n) is 8.54. The molecular formula is C21H28F2O3. The molecule has 0 aromatic carbocycles. The number of aliphatic hydroxyl groups is 1. The number of Topliss-reactive ketones (excluding diaryl/α,β-unsaturated/α-hetero) is 1. The molecule has 4 rings (SSSR count). The molecule has 4 aliphatic rings. The van der Waals surface area contributed by atoms with Crippen LogP contribution in [0, 0.1) is 28.6 Å². The number of rotatable bonds is 2. The number of hydrogen-bond donors (Lipinski definition) is 1. The van der Waals surface area contributed by atoms with E-state index in [1.807, 2.05) is 6.92 Å². The maximum atomic E-state index is 16.6. The highest BCUT2D eigenvalue weighted by molar-refractivity contribution is 5.91. The van der Waals surface area contributed by atoms with Crippen LogP contribution in [0.4, 0.5) is 8.78 Å². The number of carbonyl (C=O) groups excluding carboxylic acids is 2. The number of aliphatic hydroxyl groups excluding tert-OH is 1. The van der Waals surface area contributed by atoms with E-state index in [9.17, 15) is 14.7 Å². The van der Waals surface area contributed by atoms with Crippen LogP contribution in [0.25, 0.3) is 0 Å². The number of allylic oxidation sites excluding steroid dienone is 1. The standard InChI is InChI=1S/C21H28F2O3/c1-19-10-18(22)21(23)15(14(19)5-6-16(19)17(26)11-24)4-3-12-9-13(25)7-8-20(12,21)2/h9,14-16,18,24H,3-8,10-11H2,1-2H3/t14-,15-,16+,18+,19-,20-,21-/m0/s1. The van der Waals surface area contributed by atoms with Crippen LogP contribution < -0.4 is 0 Å². The zero-order chi connectivity index (χ0) is 18.9. The number of carbonyl (C=O) groups is 2. The van der Waals surface area contributed by atoms with Crippen molar-refractivity contribution in [3.05, 3.63) is 11.6 Å². The van der Waals surface area contributed by atoms with Gasteiger partial charge in [0.1, 0.15) is 12.8 Å². The number of fused-ring (bicyclic) bond motifs is 5. The molecule has 0 heterocycles. The summed E-state index contributed by atoms with van der Waals surface area (Å²) in [5, 5.41) is 9.31. The van der Waals surface area contributed by atoms with Gasteiger partial charge in [0.25, 0.3) is 0 Å². The Balaban J connectivity index is 1.77. The van der Waals surface area contributed by atoms with E-state index >= 15 is 8.78 Å². The minimum absolute atomic E-state index is 0.0186. The Hall–Kier alpha value is -1.10. The third kappa shape index (κ3) is 2.07. The molecule has 1 N–H and O–H groups in total. The number of halogens is 2. The van der Waals surface area contributed by atoms with Crippen molar-refractivity contribution in [2.75, 3.05) is 6.61 Å². The van der Waals surface area contributed by atoms with E-state index in [0.717, 1.165) is 5.57 Å². The molecule has 0 spiro atoms. The lowest BCUT2D eigenvalue weighted by Gasteiger charge is -2.62. The summed E-state index contributed by atoms with van der Waals surface area (Å²) in [6.45, 7) is 3.20. The van der Waals surface area contributed by atoms with E-state index in [1.165, 1.54) is 0 Å². The first-order chi connectivity index (χ1) is 12.2. The van der Waals surface area contributed by atoms with Crippen LogP contribution in [0.5, 0.6) is 0 Å². The first-order valence-corrected chi connectivity index (χ1v) is 9.89. The van der Waals surface area contributed by atoms with E-state index in [4.69, 9.17) is 0 Å². The highest BCUT2D eigenvalue weighted by Gasteiger charge is 2.71. The summed E-state index contributed by atoms with van der Waals surface area (Å²) in [6.07, 6.45) is 3.07. The first-order valence-electron chi connectivity index (χ1n) is 9.89. The van der Waals surface area contributed by atoms with Gasteiger partial charge in [0.05, 0.1) is 0 Å². The Labute approximate surface area is 153 Å². The van der Waals surface area contributed by atoms with Gasteiger partial charge >= 0.3 is 0 Å². The van der Waals surface area contributed by atoms with E-state index in [2.05, 4.69) is 0 Å². The molecule has 26 heavy (non-hydrogen) atoms. The molecule has 3 nitrogen and oxygen atoms in total. The van der Waals surface area contributed by atoms with Crippen molar-refractivity contribution in [2.45, 2.75) is 70.6 Å². The van der Waals surface area contributed by atoms with Crippen molar-refractivity contribution in [2.24, 2.45) is 28.6 Å². The number of hydrogen-bond acceptors (Lipinski definition) is 3. The van der Waals surface area contributed by atoms with Crippen molar-refractivity contribution >= 4 is 11.6 Å². The lowest BCUT2D eigenvalue weighted by atomic mass is 9.44. The maximum Gasteiger partial charge on any atom is 0.161 e. The highest BCUT2D eigenvalue weighted by Crippen LogP contribution is 2.70. The summed E-state index contributed by atoms with van der Waals surface area (Å²) in [5.74, 6) is -1.07. The van der Waals surface area contributed by atoms with Gasteiger partial charge in [-0.3, -0.25) is 9.59 Å². The fraction of sp³-hybridized carbons (Fsp3) is 0.810. The first kappa shape index (κ1) is 18.3. The fourth-order valence-corrected chi connectivity index (χ4v) is 7.14. The molecule has 4 aliphatic carbocycles. The Kier molecular flexibility index (Phi) is 4.00. The van der Waals surface area contributed by atoms with Crippen LogP contribution in [0.2, 0.25) is 0 Å². The molecule has 5 heteroatoms. The lowest BCUT2D eigenvalue weighted by Crippen LogP contribution is -2.66. The highest BCUT2D eigenvalue weighted by atomic mass is 19.2. The molecule has 0 unspecified atom stereocenters. The average Bonchev–Trinajstić information content (AvgIpc) is 2.93. The van der Waals surface area contributed by atoms with Crippen molar-refractivity contribution in [1.82, 2.24) is 0 Å². The summed E-state index contributed by atoms with van der Waals surface area (Å²) in [5.41, 5.74) is -2.70. The van der Waals surface area contributed by atoms with Gasteiger partial charge in [0, 0.05) is 23.7 Å². The Morgan fingerprint density at radius 2 is 1.96 bits per heavy atom. The topological polar surface area (TPSA) is 54.4 Å². The fourth-order valence-electron chi connectivity index (χ4n) is 7.14. The summed E-state index contributed by atoms with van der Waals surface area (Å²) in [7, 11) is 0. The van der Waals surface area contributed by atoms with Crippen LogP contribution in [0.15, 0.2) is 11.6 Å². The van der Waals surface area contributed by atoms with Crippen molar-refractivity contribution in [3.63, 3.8) is 0 Å². The SMILES string of the molecule is C[C@]12C[C@@H](F)[C@@]3(F)[C@@H](CCC4=CC(=O)CC[C@@]43C)[C@@H]1CC[C@@H]2C(=O)CO. The van der Waals surface area contributed by atoms with Gasteiger partial charge in [0.2, 0.25) is 0 Å². The molecule has 0 amide bonds. The molecule has 0 aromatic rings. The molecule has 144 valence electrons. The average molecular weight is 366 g/mol. The number of ketones is 2. The Bertz CT molecular complexity index is 689. The van der Waals surface area contributed by atoms with Crippen molar-refractivity contribution in [3.8, 4) is 0 Å². The van der Waals surface area contributed by atoms with E-state index in [-0.39, 0.29) is 36.2 Å². The number of alkyl halides is 2. The van der Waals surface area contributed by atoms with Crippen LogP contribution >= 0.6 is 0 Å². The summed E-state index contributed by atoms with van der Waals surface area (Å²) in [4.78, 5) is 24.1. The quantitative estimate of drug-likeness (QED) is 0.810. The van der Waals surface area contributed by atoms with E-state index < -0.39 is 35.2 Å². The van der Waals surface area contributed by atoms with Crippen LogP contribution in [0.3, 0.4) is 0 Å². The molecule has 0 radical (unpaired) electrons. The third-order valence-corrected chi connectivity index (χ3v) is 8.54. The molecule has 0 saturated heterocycles. The van der Waals surface area contributed by atoms with Gasteiger partial charge in [-0.15, -0.1) is 0 Å². The van der Waals surface area contributed by atoms with E-state index in [1.54, 1.807) is 13.0 Å². The summed E-state index contributed by atoms with van der Waals surface area (Å²) in [6, 6.07) is 0. The molecule has 0 aromatic heterocycles. The largest absolute Gasteiger partial charge is 0.389 e. The molecule has 7 atom stereocenters. The second-order valence-corrected chi connectivity index (χ2v) is 9.42. The van der Waals surface area contributed by atoms with Gasteiger partial charge < -0.3 is 5.11 Å². The van der Waals surface area contributed by atoms with Crippen LogP contribution in [-0.2, 0) is 9.59 Å². The molecule has 0 bridgehead atoms. The second kappa shape index (κ2) is 5.70. The lowest BCUT2D eigenvalue weighted by molar-refractivity contribution is -0.188. The van der Waals surface area contributed by atoms with Gasteiger partial charge in [-0.2, -0.15) is 0 Å². The minimum atomic E-state index is -1.97. The van der Waals surface area contributed by atoms with Gasteiger partial charge in [-0.1, -0.05) is 19.4 Å². The Morgan fingerprint density at radius 3 is 2.65 bits per heavy atom. The van der Waals surface area contributed by atoms with Crippen LogP contribution in [-0.4, -0.2) is 35.1 Å². The normalized spacial score (nSPS) is 50.5. The zero-order valence-electron chi connectivity index (χ0n) is 15.6. The summed E-state index contributed by atoms with van der Waals surface area (Å²) >= 11 is 0. The van der Waals surface area contributed by atoms with Gasteiger partial charge in [-0.05, 0) is 55.9 Å². The zero-order valence-corrected chi connectivity index (χ0v) is 15.6. The molecule has 0 aliphatic heterocycles.